The molecule has 24 heavy (non-hydrogen) atoms. The highest BCUT2D eigenvalue weighted by atomic mass is 28.4. The zero-order chi connectivity index (χ0) is 18.5. The summed E-state index contributed by atoms with van der Waals surface area (Å²) in [5.74, 6) is -0.236. The van der Waals surface area contributed by atoms with Gasteiger partial charge in [-0.25, -0.2) is 0 Å². The van der Waals surface area contributed by atoms with Crippen LogP contribution in [0.3, 0.4) is 0 Å². The largest absolute Gasteiger partial charge is 0.389 e. The molecule has 0 aromatic heterocycles. The van der Waals surface area contributed by atoms with Crippen molar-refractivity contribution in [1.29, 1.82) is 0 Å². The summed E-state index contributed by atoms with van der Waals surface area (Å²) in [6.45, 7) is 22.3. The number of rotatable bonds is 3. The van der Waals surface area contributed by atoms with E-state index in [0.717, 1.165) is 0 Å². The van der Waals surface area contributed by atoms with Crippen LogP contribution in [0.1, 0.15) is 55.4 Å². The van der Waals surface area contributed by atoms with Gasteiger partial charge in [-0.15, -0.1) is 0 Å². The first-order chi connectivity index (χ1) is 10.8. The molecule has 2 aliphatic rings. The summed E-state index contributed by atoms with van der Waals surface area (Å²) in [6, 6.07) is 0. The molecule has 1 saturated heterocycles. The van der Waals surface area contributed by atoms with Crippen LogP contribution in [0.4, 0.5) is 0 Å². The van der Waals surface area contributed by atoms with E-state index in [0.29, 0.717) is 12.5 Å². The summed E-state index contributed by atoms with van der Waals surface area (Å²) in [5.41, 5.74) is 2.56. The van der Waals surface area contributed by atoms with Crippen molar-refractivity contribution in [3.63, 3.8) is 0 Å². The molecule has 0 aliphatic carbocycles. The van der Waals surface area contributed by atoms with Crippen molar-refractivity contribution in [3.05, 3.63) is 11.1 Å². The summed E-state index contributed by atoms with van der Waals surface area (Å²) in [5, 5.41) is 0.151. The standard InChI is InChI=1S/C19H36O4Si/c1-12-13(2)16(15-11-20-19(7,8)22-15)21-17(14(12)3)23-24(9,10)18(4,5)6/h13,15-17H,11H2,1-10H3/t13-,15+,16-,17+/m1/s1. The number of hydrogen-bond donors (Lipinski definition) is 0. The van der Waals surface area contributed by atoms with Gasteiger partial charge in [0.2, 0.25) is 0 Å². The molecule has 0 amide bonds. The molecule has 5 heteroatoms. The van der Waals surface area contributed by atoms with Crippen molar-refractivity contribution in [2.24, 2.45) is 5.92 Å². The third kappa shape index (κ3) is 3.96. The molecule has 2 rings (SSSR count). The molecule has 4 nitrogen and oxygen atoms in total. The Kier molecular flexibility index (Phi) is 5.45. The molecule has 140 valence electrons. The van der Waals surface area contributed by atoms with Gasteiger partial charge in [0.15, 0.2) is 20.4 Å². The molecular weight excluding hydrogens is 320 g/mol. The Morgan fingerprint density at radius 3 is 2.17 bits per heavy atom. The predicted molar refractivity (Wildman–Crippen MR) is 99.4 cm³/mol. The molecule has 0 radical (unpaired) electrons. The highest BCUT2D eigenvalue weighted by Gasteiger charge is 2.46. The van der Waals surface area contributed by atoms with Crippen LogP contribution in [0, 0.1) is 5.92 Å². The van der Waals surface area contributed by atoms with Crippen LogP contribution in [0.15, 0.2) is 11.1 Å². The molecule has 0 bridgehead atoms. The number of ether oxygens (including phenoxy) is 3. The Morgan fingerprint density at radius 1 is 1.12 bits per heavy atom. The average Bonchev–Trinajstić information content (AvgIpc) is 2.78. The molecule has 4 atom stereocenters. The lowest BCUT2D eigenvalue weighted by molar-refractivity contribution is -0.192. The van der Waals surface area contributed by atoms with E-state index in [9.17, 15) is 0 Å². The zero-order valence-electron chi connectivity index (χ0n) is 17.1. The highest BCUT2D eigenvalue weighted by molar-refractivity contribution is 6.74. The SMILES string of the molecule is CC1=C(C)[C@@H](C)[C@H]([C@@H]2COC(C)(C)O2)O[C@H]1O[Si](C)(C)C(C)(C)C. The van der Waals surface area contributed by atoms with E-state index in [2.05, 4.69) is 54.6 Å². The Labute approximate surface area is 149 Å². The summed E-state index contributed by atoms with van der Waals surface area (Å²) in [4.78, 5) is 0. The Balaban J connectivity index is 2.21. The van der Waals surface area contributed by atoms with E-state index in [-0.39, 0.29) is 23.5 Å². The summed E-state index contributed by atoms with van der Waals surface area (Å²) in [6.07, 6.45) is -0.367. The summed E-state index contributed by atoms with van der Waals surface area (Å²) >= 11 is 0. The first kappa shape index (κ1) is 20.1. The second-order valence-electron chi connectivity index (χ2n) is 9.33. The van der Waals surface area contributed by atoms with E-state index in [1.165, 1.54) is 11.1 Å². The molecule has 1 fully saturated rings. The van der Waals surface area contributed by atoms with Crippen molar-refractivity contribution in [2.75, 3.05) is 6.61 Å². The molecule has 0 N–H and O–H groups in total. The molecular formula is C19H36O4Si. The van der Waals surface area contributed by atoms with Crippen molar-refractivity contribution in [3.8, 4) is 0 Å². The van der Waals surface area contributed by atoms with Crippen molar-refractivity contribution >= 4 is 8.32 Å². The second kappa shape index (κ2) is 6.51. The fourth-order valence-corrected chi connectivity index (χ4v) is 4.12. The second-order valence-corrected chi connectivity index (χ2v) is 14.1. The molecule has 2 aliphatic heterocycles. The van der Waals surface area contributed by atoms with Gasteiger partial charge in [-0.05, 0) is 51.4 Å². The van der Waals surface area contributed by atoms with E-state index >= 15 is 0 Å². The topological polar surface area (TPSA) is 36.9 Å². The fraction of sp³-hybridized carbons (Fsp3) is 0.895. The van der Waals surface area contributed by atoms with Crippen LogP contribution in [0.2, 0.25) is 18.1 Å². The Morgan fingerprint density at radius 2 is 1.71 bits per heavy atom. The van der Waals surface area contributed by atoms with Gasteiger partial charge in [0.1, 0.15) is 6.10 Å². The van der Waals surface area contributed by atoms with Gasteiger partial charge < -0.3 is 18.6 Å². The van der Waals surface area contributed by atoms with Crippen LogP contribution in [0.25, 0.3) is 0 Å². The lowest BCUT2D eigenvalue weighted by Gasteiger charge is -2.44. The molecule has 0 spiro atoms. The highest BCUT2D eigenvalue weighted by Crippen LogP contribution is 2.42. The van der Waals surface area contributed by atoms with Crippen molar-refractivity contribution in [2.45, 2.75) is 97.8 Å². The minimum absolute atomic E-state index is 0.0368. The minimum atomic E-state index is -1.91. The first-order valence-corrected chi connectivity index (χ1v) is 12.0. The monoisotopic (exact) mass is 356 g/mol. The van der Waals surface area contributed by atoms with Crippen molar-refractivity contribution in [1.82, 2.24) is 0 Å². The molecule has 0 aromatic rings. The van der Waals surface area contributed by atoms with Gasteiger partial charge in [0, 0.05) is 5.92 Å². The van der Waals surface area contributed by atoms with Gasteiger partial charge >= 0.3 is 0 Å². The normalized spacial score (nSPS) is 34.8. The van der Waals surface area contributed by atoms with Crippen LogP contribution >= 0.6 is 0 Å². The quantitative estimate of drug-likeness (QED) is 0.535. The van der Waals surface area contributed by atoms with Crippen molar-refractivity contribution < 1.29 is 18.6 Å². The lowest BCUT2D eigenvalue weighted by Crippen LogP contribution is -2.50. The van der Waals surface area contributed by atoms with Crippen LogP contribution in [-0.2, 0) is 18.6 Å². The van der Waals surface area contributed by atoms with Crippen LogP contribution in [0.5, 0.6) is 0 Å². The molecule has 0 aromatic carbocycles. The van der Waals surface area contributed by atoms with E-state index in [1.807, 2.05) is 13.8 Å². The molecule has 0 unspecified atom stereocenters. The molecule has 0 saturated carbocycles. The maximum absolute atomic E-state index is 6.58. The van der Waals surface area contributed by atoms with Gasteiger partial charge in [0.25, 0.3) is 0 Å². The summed E-state index contributed by atoms with van der Waals surface area (Å²) in [7, 11) is -1.91. The Hall–Kier alpha value is -0.203. The minimum Gasteiger partial charge on any atom is -0.389 e. The first-order valence-electron chi connectivity index (χ1n) is 9.07. The third-order valence-electron chi connectivity index (χ3n) is 6.04. The summed E-state index contributed by atoms with van der Waals surface area (Å²) < 4.78 is 24.8. The molecule has 2 heterocycles. The lowest BCUT2D eigenvalue weighted by atomic mass is 9.87. The maximum Gasteiger partial charge on any atom is 0.195 e. The van der Waals surface area contributed by atoms with Crippen LogP contribution < -0.4 is 0 Å². The van der Waals surface area contributed by atoms with Crippen LogP contribution in [-0.4, -0.2) is 39.2 Å². The average molecular weight is 357 g/mol. The van der Waals surface area contributed by atoms with E-state index in [1.54, 1.807) is 0 Å². The van der Waals surface area contributed by atoms with Gasteiger partial charge in [0.05, 0.1) is 12.7 Å². The van der Waals surface area contributed by atoms with Gasteiger partial charge in [-0.3, -0.25) is 0 Å². The Bertz CT molecular complexity index is 504. The number of hydrogen-bond acceptors (Lipinski definition) is 4. The van der Waals surface area contributed by atoms with Gasteiger partial charge in [-0.2, -0.15) is 0 Å². The zero-order valence-corrected chi connectivity index (χ0v) is 18.1. The van der Waals surface area contributed by atoms with E-state index < -0.39 is 14.1 Å². The predicted octanol–water partition coefficient (Wildman–Crippen LogP) is 4.86. The van der Waals surface area contributed by atoms with E-state index in [4.69, 9.17) is 18.6 Å². The fourth-order valence-electron chi connectivity index (χ4n) is 3.00. The maximum atomic E-state index is 6.58. The van der Waals surface area contributed by atoms with Gasteiger partial charge in [-0.1, -0.05) is 33.3 Å². The smallest absolute Gasteiger partial charge is 0.195 e. The third-order valence-corrected chi connectivity index (χ3v) is 10.5.